The van der Waals surface area contributed by atoms with E-state index in [-0.39, 0.29) is 29.7 Å². The summed E-state index contributed by atoms with van der Waals surface area (Å²) in [5.41, 5.74) is 9.03. The number of hydrogen-bond donors (Lipinski definition) is 3. The minimum atomic E-state index is -0.633. The number of benzene rings is 3. The zero-order chi connectivity index (χ0) is 24.8. The van der Waals surface area contributed by atoms with Gasteiger partial charge in [0.2, 0.25) is 11.8 Å². The number of primary amides is 1. The number of anilines is 1. The molecule has 3 amide bonds. The minimum Gasteiger partial charge on any atom is -0.366 e. The lowest BCUT2D eigenvalue weighted by Crippen LogP contribution is -2.52. The Morgan fingerprint density at radius 1 is 0.943 bits per heavy atom. The third-order valence-electron chi connectivity index (χ3n) is 6.09. The van der Waals surface area contributed by atoms with Crippen molar-refractivity contribution < 1.29 is 18.8 Å². The van der Waals surface area contributed by atoms with Gasteiger partial charge in [-0.2, -0.15) is 0 Å². The van der Waals surface area contributed by atoms with Gasteiger partial charge in [-0.05, 0) is 53.8 Å². The van der Waals surface area contributed by atoms with E-state index in [0.29, 0.717) is 31.6 Å². The zero-order valence-corrected chi connectivity index (χ0v) is 19.2. The number of fused-ring (bicyclic) bond motifs is 1. The first-order chi connectivity index (χ1) is 16.9. The topological polar surface area (TPSA) is 105 Å². The summed E-state index contributed by atoms with van der Waals surface area (Å²) in [7, 11) is 0. The summed E-state index contributed by atoms with van der Waals surface area (Å²) in [6, 6.07) is 20.0. The van der Waals surface area contributed by atoms with E-state index in [1.165, 1.54) is 12.1 Å². The Bertz CT molecular complexity index is 1230. The molecule has 0 fully saturated rings. The molecule has 0 aromatic heterocycles. The van der Waals surface area contributed by atoms with Crippen LogP contribution < -0.4 is 16.4 Å². The highest BCUT2D eigenvalue weighted by atomic mass is 19.1. The number of para-hydroxylation sites is 1. The van der Waals surface area contributed by atoms with E-state index in [1.54, 1.807) is 36.4 Å². The maximum Gasteiger partial charge on any atom is 0.250 e. The number of hydrogen-bond acceptors (Lipinski definition) is 4. The number of carbonyl (C=O) groups excluding carboxylic acids is 3. The Balaban J connectivity index is 1.44. The maximum absolute atomic E-state index is 13.1. The van der Waals surface area contributed by atoms with Gasteiger partial charge in [0.15, 0.2) is 0 Å². The summed E-state index contributed by atoms with van der Waals surface area (Å²) >= 11 is 0. The summed E-state index contributed by atoms with van der Waals surface area (Å²) in [6.45, 7) is 0.809. The molecule has 3 aromatic carbocycles. The van der Waals surface area contributed by atoms with Gasteiger partial charge in [-0.15, -0.1) is 0 Å². The Kier molecular flexibility index (Phi) is 7.52. The Hall–Kier alpha value is -4.04. The molecule has 180 valence electrons. The number of nitrogens with zero attached hydrogens (tertiary/aromatic N) is 1. The molecule has 0 bridgehead atoms. The van der Waals surface area contributed by atoms with Crippen molar-refractivity contribution in [2.45, 2.75) is 25.4 Å². The number of halogens is 1. The molecule has 1 unspecified atom stereocenters. The van der Waals surface area contributed by atoms with Crippen LogP contribution in [0.1, 0.15) is 27.0 Å². The van der Waals surface area contributed by atoms with Crippen LogP contribution >= 0.6 is 0 Å². The van der Waals surface area contributed by atoms with E-state index in [0.717, 1.165) is 16.7 Å². The molecule has 4 N–H and O–H groups in total. The average Bonchev–Trinajstić information content (AvgIpc) is 2.85. The van der Waals surface area contributed by atoms with Crippen LogP contribution in [-0.2, 0) is 29.0 Å². The molecular weight excluding hydrogens is 447 g/mol. The molecule has 3 aromatic rings. The zero-order valence-electron chi connectivity index (χ0n) is 19.2. The lowest BCUT2D eigenvalue weighted by molar-refractivity contribution is -0.128. The number of carbonyl (C=O) groups is 3. The van der Waals surface area contributed by atoms with Crippen molar-refractivity contribution in [1.82, 2.24) is 10.2 Å². The first kappa shape index (κ1) is 24.1. The monoisotopic (exact) mass is 474 g/mol. The molecule has 1 heterocycles. The molecule has 0 saturated heterocycles. The summed E-state index contributed by atoms with van der Waals surface area (Å²) in [5.74, 6) is -1.45. The number of amides is 3. The quantitative estimate of drug-likeness (QED) is 0.467. The summed E-state index contributed by atoms with van der Waals surface area (Å²) in [5, 5.41) is 5.70. The molecule has 4 rings (SSSR count). The summed E-state index contributed by atoms with van der Waals surface area (Å²) < 4.78 is 13.1. The molecule has 1 aliphatic heterocycles. The smallest absolute Gasteiger partial charge is 0.250 e. The molecule has 0 spiro atoms. The third-order valence-corrected chi connectivity index (χ3v) is 6.09. The molecule has 1 atom stereocenters. The minimum absolute atomic E-state index is 0.0303. The van der Waals surface area contributed by atoms with Gasteiger partial charge >= 0.3 is 0 Å². The summed E-state index contributed by atoms with van der Waals surface area (Å²) in [4.78, 5) is 39.5. The molecule has 0 radical (unpaired) electrons. The predicted octanol–water partition coefficient (Wildman–Crippen LogP) is 2.65. The van der Waals surface area contributed by atoms with E-state index in [2.05, 4.69) is 10.6 Å². The van der Waals surface area contributed by atoms with Gasteiger partial charge in [-0.3, -0.25) is 19.3 Å². The molecule has 8 heteroatoms. The lowest BCUT2D eigenvalue weighted by atomic mass is 9.93. The van der Waals surface area contributed by atoms with Crippen LogP contribution in [0.5, 0.6) is 0 Å². The van der Waals surface area contributed by atoms with Crippen molar-refractivity contribution in [2.24, 2.45) is 5.73 Å². The van der Waals surface area contributed by atoms with Crippen molar-refractivity contribution in [3.8, 4) is 0 Å². The number of nitrogens with one attached hydrogen (secondary N) is 2. The standard InChI is InChI=1S/C27H27FN4O3/c28-21-11-9-18(10-12-21)13-14-30-27(35)24-15-19-5-1-2-6-20(19)16-32(24)17-25(33)31-23-8-4-3-7-22(23)26(29)34/h1-12,24H,13-17H2,(H2,29,34)(H,30,35)(H,31,33). The SMILES string of the molecule is NC(=O)c1ccccc1NC(=O)CN1Cc2ccccc2CC1C(=O)NCCc1ccc(F)cc1. The molecule has 7 nitrogen and oxygen atoms in total. The van der Waals surface area contributed by atoms with Crippen molar-refractivity contribution in [1.29, 1.82) is 0 Å². The fourth-order valence-electron chi connectivity index (χ4n) is 4.28. The molecule has 1 aliphatic rings. The van der Waals surface area contributed by atoms with Crippen molar-refractivity contribution in [3.63, 3.8) is 0 Å². The highest BCUT2D eigenvalue weighted by molar-refractivity contribution is 6.03. The van der Waals surface area contributed by atoms with Crippen LogP contribution in [0.15, 0.2) is 72.8 Å². The lowest BCUT2D eigenvalue weighted by Gasteiger charge is -2.35. The van der Waals surface area contributed by atoms with Gasteiger partial charge in [0.05, 0.1) is 23.8 Å². The van der Waals surface area contributed by atoms with Crippen LogP contribution in [0.3, 0.4) is 0 Å². The average molecular weight is 475 g/mol. The number of rotatable bonds is 8. The van der Waals surface area contributed by atoms with Crippen LogP contribution in [-0.4, -0.2) is 41.8 Å². The van der Waals surface area contributed by atoms with Crippen molar-refractivity contribution in [3.05, 3.63) is 101 Å². The maximum atomic E-state index is 13.1. The van der Waals surface area contributed by atoms with Gasteiger partial charge in [0, 0.05) is 13.1 Å². The molecule has 0 saturated carbocycles. The van der Waals surface area contributed by atoms with Crippen molar-refractivity contribution in [2.75, 3.05) is 18.4 Å². The fourth-order valence-corrected chi connectivity index (χ4v) is 4.28. The van der Waals surface area contributed by atoms with E-state index >= 15 is 0 Å². The highest BCUT2D eigenvalue weighted by Gasteiger charge is 2.32. The van der Waals surface area contributed by atoms with Crippen LogP contribution in [0.4, 0.5) is 10.1 Å². The largest absolute Gasteiger partial charge is 0.366 e. The number of nitrogens with two attached hydrogens (primary N) is 1. The third kappa shape index (κ3) is 6.10. The van der Waals surface area contributed by atoms with Gasteiger partial charge in [-0.1, -0.05) is 48.5 Å². The molecule has 35 heavy (non-hydrogen) atoms. The second-order valence-electron chi connectivity index (χ2n) is 8.52. The fraction of sp³-hybridized carbons (Fsp3) is 0.222. The van der Waals surface area contributed by atoms with Gasteiger partial charge in [0.1, 0.15) is 5.82 Å². The van der Waals surface area contributed by atoms with Crippen LogP contribution in [0, 0.1) is 5.82 Å². The molecule has 0 aliphatic carbocycles. The summed E-state index contributed by atoms with van der Waals surface area (Å²) in [6.07, 6.45) is 1.05. The Morgan fingerprint density at radius 2 is 1.63 bits per heavy atom. The second kappa shape index (κ2) is 10.9. The highest BCUT2D eigenvalue weighted by Crippen LogP contribution is 2.24. The first-order valence-electron chi connectivity index (χ1n) is 11.4. The second-order valence-corrected chi connectivity index (χ2v) is 8.52. The van der Waals surface area contributed by atoms with E-state index in [4.69, 9.17) is 5.73 Å². The van der Waals surface area contributed by atoms with Crippen LogP contribution in [0.2, 0.25) is 0 Å². The van der Waals surface area contributed by atoms with Crippen LogP contribution in [0.25, 0.3) is 0 Å². The van der Waals surface area contributed by atoms with Crippen molar-refractivity contribution >= 4 is 23.4 Å². The Morgan fingerprint density at radius 3 is 2.37 bits per heavy atom. The molecular formula is C27H27FN4O3. The van der Waals surface area contributed by atoms with E-state index in [9.17, 15) is 18.8 Å². The van der Waals surface area contributed by atoms with Gasteiger partial charge < -0.3 is 16.4 Å². The normalized spacial score (nSPS) is 15.2. The predicted molar refractivity (Wildman–Crippen MR) is 131 cm³/mol. The van der Waals surface area contributed by atoms with E-state index in [1.807, 2.05) is 29.2 Å². The first-order valence-corrected chi connectivity index (χ1v) is 11.4. The van der Waals surface area contributed by atoms with Gasteiger partial charge in [0.25, 0.3) is 5.91 Å². The van der Waals surface area contributed by atoms with Gasteiger partial charge in [-0.25, -0.2) is 4.39 Å². The van der Waals surface area contributed by atoms with E-state index < -0.39 is 11.9 Å². The Labute approximate surface area is 203 Å².